The van der Waals surface area contributed by atoms with Crippen LogP contribution in [0.15, 0.2) is 24.3 Å². The molecule has 132 valence electrons. The topological polar surface area (TPSA) is 113 Å². The van der Waals surface area contributed by atoms with Crippen LogP contribution in [0, 0.1) is 5.92 Å². The molecule has 1 aromatic carbocycles. The van der Waals surface area contributed by atoms with Crippen LogP contribution in [0.3, 0.4) is 0 Å². The molecule has 3 rings (SSSR count). The molecule has 1 aromatic heterocycles. The number of anilines is 1. The van der Waals surface area contributed by atoms with Gasteiger partial charge in [0.05, 0.1) is 17.6 Å². The van der Waals surface area contributed by atoms with E-state index in [1.54, 1.807) is 10.7 Å². The van der Waals surface area contributed by atoms with Crippen LogP contribution < -0.4 is 5.32 Å². The van der Waals surface area contributed by atoms with Gasteiger partial charge in [-0.1, -0.05) is 12.1 Å². The molecule has 2 aromatic rings. The van der Waals surface area contributed by atoms with Crippen molar-refractivity contribution in [3.8, 4) is 11.4 Å². The summed E-state index contributed by atoms with van der Waals surface area (Å²) in [5.74, 6) is -0.809. The van der Waals surface area contributed by atoms with Crippen molar-refractivity contribution in [3.63, 3.8) is 0 Å². The first-order chi connectivity index (χ1) is 12.0. The summed E-state index contributed by atoms with van der Waals surface area (Å²) in [7, 11) is 0. The lowest BCUT2D eigenvalue weighted by Crippen LogP contribution is -2.34. The summed E-state index contributed by atoms with van der Waals surface area (Å²) in [6, 6.07) is 7.03. The van der Waals surface area contributed by atoms with Crippen molar-refractivity contribution >= 4 is 17.7 Å². The van der Waals surface area contributed by atoms with Gasteiger partial charge in [-0.15, -0.1) is 5.10 Å². The first-order valence-corrected chi connectivity index (χ1v) is 8.13. The summed E-state index contributed by atoms with van der Waals surface area (Å²) in [4.78, 5) is 25.1. The largest absolute Gasteiger partial charge is 0.481 e. The van der Waals surface area contributed by atoms with Crippen LogP contribution in [0.1, 0.15) is 26.3 Å². The number of nitrogens with one attached hydrogen (secondary N) is 1. The molecule has 0 unspecified atom stereocenters. The molecule has 9 heteroatoms. The van der Waals surface area contributed by atoms with E-state index >= 15 is 0 Å². The Bertz CT molecular complexity index is 788. The summed E-state index contributed by atoms with van der Waals surface area (Å²) in [5.41, 5.74) is 1.30. The molecule has 1 aliphatic heterocycles. The molecule has 1 aliphatic rings. The van der Waals surface area contributed by atoms with Gasteiger partial charge in [0.25, 0.3) is 0 Å². The molecule has 25 heavy (non-hydrogen) atoms. The number of tetrazole rings is 1. The fourth-order valence-corrected chi connectivity index (χ4v) is 2.85. The van der Waals surface area contributed by atoms with Crippen LogP contribution in [0.25, 0.3) is 11.4 Å². The van der Waals surface area contributed by atoms with Gasteiger partial charge in [-0.05, 0) is 42.8 Å². The number of carboxylic acids is 1. The van der Waals surface area contributed by atoms with E-state index < -0.39 is 11.9 Å². The lowest BCUT2D eigenvalue weighted by Gasteiger charge is -2.18. The molecule has 2 N–H and O–H groups in total. The van der Waals surface area contributed by atoms with Gasteiger partial charge in [0, 0.05) is 18.7 Å². The maximum absolute atomic E-state index is 12.5. The first-order valence-electron chi connectivity index (χ1n) is 8.13. The number of nitrogens with zero attached hydrogens (tertiary/aromatic N) is 5. The van der Waals surface area contributed by atoms with E-state index in [9.17, 15) is 9.59 Å². The molecule has 2 heterocycles. The maximum atomic E-state index is 12.5. The molecule has 9 nitrogen and oxygen atoms in total. The van der Waals surface area contributed by atoms with Crippen molar-refractivity contribution in [1.82, 2.24) is 25.1 Å². The Kier molecular flexibility index (Phi) is 4.64. The summed E-state index contributed by atoms with van der Waals surface area (Å²) in [6.45, 7) is 4.58. The van der Waals surface area contributed by atoms with Gasteiger partial charge in [-0.3, -0.25) is 4.79 Å². The highest BCUT2D eigenvalue weighted by Gasteiger charge is 2.31. The van der Waals surface area contributed by atoms with E-state index in [-0.39, 0.29) is 18.6 Å². The first kappa shape index (κ1) is 16.9. The minimum Gasteiger partial charge on any atom is -0.481 e. The highest BCUT2D eigenvalue weighted by Crippen LogP contribution is 2.28. The van der Waals surface area contributed by atoms with Crippen LogP contribution in [0.5, 0.6) is 0 Å². The van der Waals surface area contributed by atoms with Gasteiger partial charge in [-0.25, -0.2) is 9.48 Å². The molecular weight excluding hydrogens is 324 g/mol. The number of hydrogen-bond donors (Lipinski definition) is 2. The Morgan fingerprint density at radius 3 is 2.76 bits per heavy atom. The van der Waals surface area contributed by atoms with Gasteiger partial charge in [0.2, 0.25) is 0 Å². The van der Waals surface area contributed by atoms with Crippen LogP contribution in [0.2, 0.25) is 0 Å². The van der Waals surface area contributed by atoms with Crippen molar-refractivity contribution < 1.29 is 14.7 Å². The third-order valence-electron chi connectivity index (χ3n) is 4.22. The fraction of sp³-hybridized carbons (Fsp3) is 0.438. The lowest BCUT2D eigenvalue weighted by molar-refractivity contribution is -0.141. The van der Waals surface area contributed by atoms with E-state index in [4.69, 9.17) is 5.11 Å². The Morgan fingerprint density at radius 1 is 1.32 bits per heavy atom. The minimum absolute atomic E-state index is 0.0728. The fourth-order valence-electron chi connectivity index (χ4n) is 2.85. The van der Waals surface area contributed by atoms with Gasteiger partial charge in [0.15, 0.2) is 5.82 Å². The molecule has 2 amide bonds. The molecule has 1 saturated heterocycles. The molecule has 0 saturated carbocycles. The minimum atomic E-state index is -0.869. The third-order valence-corrected chi connectivity index (χ3v) is 4.22. The van der Waals surface area contributed by atoms with Crippen LogP contribution in [0.4, 0.5) is 10.5 Å². The third kappa shape index (κ3) is 3.44. The summed E-state index contributed by atoms with van der Waals surface area (Å²) in [6.07, 6.45) is 0.468. The molecule has 0 aliphatic carbocycles. The molecule has 0 bridgehead atoms. The van der Waals surface area contributed by atoms with E-state index in [2.05, 4.69) is 20.8 Å². The second kappa shape index (κ2) is 6.88. The van der Waals surface area contributed by atoms with Crippen LogP contribution >= 0.6 is 0 Å². The van der Waals surface area contributed by atoms with E-state index in [1.165, 1.54) is 4.90 Å². The highest BCUT2D eigenvalue weighted by molar-refractivity contribution is 5.94. The number of carboxylic acid groups (broad SMARTS) is 1. The molecule has 1 atom stereocenters. The van der Waals surface area contributed by atoms with Gasteiger partial charge < -0.3 is 15.3 Å². The summed E-state index contributed by atoms with van der Waals surface area (Å²) < 4.78 is 1.68. The zero-order valence-corrected chi connectivity index (χ0v) is 14.1. The number of amides is 2. The van der Waals surface area contributed by atoms with Gasteiger partial charge in [0.1, 0.15) is 0 Å². The normalized spacial score (nSPS) is 17.1. The summed E-state index contributed by atoms with van der Waals surface area (Å²) >= 11 is 0. The Balaban J connectivity index is 1.81. The monoisotopic (exact) mass is 344 g/mol. The van der Waals surface area contributed by atoms with Crippen molar-refractivity contribution in [1.29, 1.82) is 0 Å². The zero-order chi connectivity index (χ0) is 18.0. The van der Waals surface area contributed by atoms with E-state index in [0.29, 0.717) is 30.0 Å². The number of urea groups is 1. The lowest BCUT2D eigenvalue weighted by atomic mass is 10.1. The van der Waals surface area contributed by atoms with Crippen LogP contribution in [-0.2, 0) is 4.79 Å². The number of carbonyl (C=O) groups is 2. The number of para-hydroxylation sites is 1. The van der Waals surface area contributed by atoms with Crippen LogP contribution in [-0.4, -0.2) is 55.3 Å². The number of benzene rings is 1. The number of carbonyl (C=O) groups excluding carboxylic acids is 1. The Morgan fingerprint density at radius 2 is 2.08 bits per heavy atom. The Hall–Kier alpha value is -2.97. The molecule has 0 radical (unpaired) electrons. The maximum Gasteiger partial charge on any atom is 0.321 e. The molecule has 1 fully saturated rings. The average Bonchev–Trinajstić information content (AvgIpc) is 3.25. The number of aliphatic carboxylic acids is 1. The van der Waals surface area contributed by atoms with E-state index in [0.717, 1.165) is 0 Å². The SMILES string of the molecule is CC(C)n1nnnc1-c1ccccc1NC(=O)N1CC[C@@H](C(=O)O)C1. The van der Waals surface area contributed by atoms with Gasteiger partial charge >= 0.3 is 12.0 Å². The second-order valence-electron chi connectivity index (χ2n) is 6.29. The molecule has 0 spiro atoms. The van der Waals surface area contributed by atoms with Crippen molar-refractivity contribution in [3.05, 3.63) is 24.3 Å². The van der Waals surface area contributed by atoms with Crippen molar-refractivity contribution in [2.75, 3.05) is 18.4 Å². The van der Waals surface area contributed by atoms with Crippen molar-refractivity contribution in [2.45, 2.75) is 26.3 Å². The number of aromatic nitrogens is 4. The Labute approximate surface area is 144 Å². The number of rotatable bonds is 4. The smallest absolute Gasteiger partial charge is 0.321 e. The van der Waals surface area contributed by atoms with E-state index in [1.807, 2.05) is 32.0 Å². The number of hydrogen-bond acceptors (Lipinski definition) is 5. The summed E-state index contributed by atoms with van der Waals surface area (Å²) in [5, 5.41) is 23.7. The quantitative estimate of drug-likeness (QED) is 0.875. The second-order valence-corrected chi connectivity index (χ2v) is 6.29. The standard InChI is InChI=1S/C16H20N6O3/c1-10(2)22-14(18-19-20-22)12-5-3-4-6-13(12)17-16(25)21-8-7-11(9-21)15(23)24/h3-6,10-11H,7-9H2,1-2H3,(H,17,25)(H,23,24)/t11-/m1/s1. The predicted molar refractivity (Wildman–Crippen MR) is 90.0 cm³/mol. The predicted octanol–water partition coefficient (Wildman–Crippen LogP) is 1.86. The average molecular weight is 344 g/mol. The molecular formula is C16H20N6O3. The van der Waals surface area contributed by atoms with Crippen molar-refractivity contribution in [2.24, 2.45) is 5.92 Å². The highest BCUT2D eigenvalue weighted by atomic mass is 16.4. The van der Waals surface area contributed by atoms with Gasteiger partial charge in [-0.2, -0.15) is 0 Å². The zero-order valence-electron chi connectivity index (χ0n) is 14.1. The number of likely N-dealkylation sites (tertiary alicyclic amines) is 1.